The predicted molar refractivity (Wildman–Crippen MR) is 66.6 cm³/mol. The van der Waals surface area contributed by atoms with Gasteiger partial charge in [0.15, 0.2) is 11.5 Å². The van der Waals surface area contributed by atoms with Crippen molar-refractivity contribution in [2.24, 2.45) is 0 Å². The van der Waals surface area contributed by atoms with Crippen LogP contribution >= 0.6 is 0 Å². The Morgan fingerprint density at radius 3 is 2.11 bits per heavy atom. The van der Waals surface area contributed by atoms with Gasteiger partial charge in [-0.15, -0.1) is 0 Å². The minimum Gasteiger partial charge on any atom is -0.496 e. The highest BCUT2D eigenvalue weighted by molar-refractivity contribution is 5.98. The Morgan fingerprint density at radius 1 is 1.06 bits per heavy atom. The number of hydrogen-bond donors (Lipinski definition) is 1. The lowest BCUT2D eigenvalue weighted by molar-refractivity contribution is 0.0947. The van der Waals surface area contributed by atoms with E-state index < -0.39 is 0 Å². The van der Waals surface area contributed by atoms with Crippen molar-refractivity contribution in [2.75, 3.05) is 21.3 Å². The zero-order valence-corrected chi connectivity index (χ0v) is 10.8. The third-order valence-electron chi connectivity index (χ3n) is 2.86. The van der Waals surface area contributed by atoms with Gasteiger partial charge < -0.3 is 19.5 Å². The van der Waals surface area contributed by atoms with Crippen LogP contribution in [0.3, 0.4) is 0 Å². The molecule has 0 saturated heterocycles. The second-order valence-corrected chi connectivity index (χ2v) is 4.16. The molecule has 5 nitrogen and oxygen atoms in total. The van der Waals surface area contributed by atoms with Gasteiger partial charge >= 0.3 is 0 Å². The van der Waals surface area contributed by atoms with Crippen molar-refractivity contribution >= 4 is 5.91 Å². The first-order chi connectivity index (χ1) is 8.69. The van der Waals surface area contributed by atoms with Crippen molar-refractivity contribution in [1.82, 2.24) is 5.32 Å². The average molecular weight is 251 g/mol. The summed E-state index contributed by atoms with van der Waals surface area (Å²) in [6.45, 7) is 0. The van der Waals surface area contributed by atoms with E-state index in [1.165, 1.54) is 14.2 Å². The lowest BCUT2D eigenvalue weighted by atomic mass is 10.1. The van der Waals surface area contributed by atoms with Gasteiger partial charge in [0.05, 0.1) is 26.9 Å². The summed E-state index contributed by atoms with van der Waals surface area (Å²) in [5, 5.41) is 2.92. The molecular weight excluding hydrogens is 234 g/mol. The molecule has 18 heavy (non-hydrogen) atoms. The third kappa shape index (κ3) is 2.50. The maximum absolute atomic E-state index is 12.1. The highest BCUT2D eigenvalue weighted by Crippen LogP contribution is 2.34. The third-order valence-corrected chi connectivity index (χ3v) is 2.86. The fraction of sp³-hybridized carbons (Fsp3) is 0.462. The average Bonchev–Trinajstić information content (AvgIpc) is 3.20. The zero-order chi connectivity index (χ0) is 13.1. The molecule has 1 N–H and O–H groups in total. The number of benzene rings is 1. The molecule has 1 aliphatic carbocycles. The first-order valence-corrected chi connectivity index (χ1v) is 5.80. The zero-order valence-electron chi connectivity index (χ0n) is 10.8. The van der Waals surface area contributed by atoms with Gasteiger partial charge in [0.2, 0.25) is 0 Å². The van der Waals surface area contributed by atoms with Crippen LogP contribution in [-0.2, 0) is 0 Å². The Morgan fingerprint density at radius 2 is 1.61 bits per heavy atom. The number of carbonyl (C=O) groups is 1. The maximum Gasteiger partial charge on any atom is 0.255 e. The van der Waals surface area contributed by atoms with E-state index in [4.69, 9.17) is 14.2 Å². The van der Waals surface area contributed by atoms with Crippen LogP contribution in [0.15, 0.2) is 12.1 Å². The molecule has 0 bridgehead atoms. The van der Waals surface area contributed by atoms with Gasteiger partial charge in [-0.1, -0.05) is 0 Å². The molecule has 1 amide bonds. The van der Waals surface area contributed by atoms with Crippen LogP contribution in [0.2, 0.25) is 0 Å². The highest BCUT2D eigenvalue weighted by Gasteiger charge is 2.26. The summed E-state index contributed by atoms with van der Waals surface area (Å²) in [6.07, 6.45) is 2.09. The van der Waals surface area contributed by atoms with Gasteiger partial charge in [-0.25, -0.2) is 0 Å². The Labute approximate surface area is 106 Å². The largest absolute Gasteiger partial charge is 0.496 e. The molecular formula is C13H17NO4. The summed E-state index contributed by atoms with van der Waals surface area (Å²) in [7, 11) is 4.60. The fourth-order valence-corrected chi connectivity index (χ4v) is 1.70. The highest BCUT2D eigenvalue weighted by atomic mass is 16.5. The summed E-state index contributed by atoms with van der Waals surface area (Å²) in [5.41, 5.74) is 0.460. The lowest BCUT2D eigenvalue weighted by Gasteiger charge is -2.13. The molecule has 2 rings (SSSR count). The molecule has 98 valence electrons. The van der Waals surface area contributed by atoms with Crippen LogP contribution in [-0.4, -0.2) is 33.3 Å². The van der Waals surface area contributed by atoms with Gasteiger partial charge in [-0.05, 0) is 12.8 Å². The Kier molecular flexibility index (Phi) is 3.60. The van der Waals surface area contributed by atoms with Crippen LogP contribution < -0.4 is 19.5 Å². The molecule has 1 aliphatic rings. The number of amides is 1. The van der Waals surface area contributed by atoms with E-state index in [1.807, 2.05) is 0 Å². The second-order valence-electron chi connectivity index (χ2n) is 4.16. The standard InChI is InChI=1S/C13H17NO4/c1-16-10-7-12(18-3)11(17-2)6-9(10)13(15)14-8-4-5-8/h6-8H,4-5H2,1-3H3,(H,14,15). The van der Waals surface area contributed by atoms with E-state index in [0.29, 0.717) is 28.9 Å². The number of nitrogens with one attached hydrogen (secondary N) is 1. The molecule has 0 unspecified atom stereocenters. The van der Waals surface area contributed by atoms with Crippen LogP contribution in [0.1, 0.15) is 23.2 Å². The van der Waals surface area contributed by atoms with Crippen molar-refractivity contribution in [1.29, 1.82) is 0 Å². The monoisotopic (exact) mass is 251 g/mol. The molecule has 1 aromatic carbocycles. The minimum absolute atomic E-state index is 0.143. The number of rotatable bonds is 5. The van der Waals surface area contributed by atoms with Crippen molar-refractivity contribution in [2.45, 2.75) is 18.9 Å². The lowest BCUT2D eigenvalue weighted by Crippen LogP contribution is -2.25. The van der Waals surface area contributed by atoms with E-state index in [1.54, 1.807) is 19.2 Å². The Balaban J connectivity index is 2.33. The summed E-state index contributed by atoms with van der Waals surface area (Å²) in [5.74, 6) is 1.39. The van der Waals surface area contributed by atoms with Crippen molar-refractivity contribution < 1.29 is 19.0 Å². The van der Waals surface area contributed by atoms with Crippen molar-refractivity contribution in [3.63, 3.8) is 0 Å². The predicted octanol–water partition coefficient (Wildman–Crippen LogP) is 1.60. The van der Waals surface area contributed by atoms with Crippen LogP contribution in [0.25, 0.3) is 0 Å². The van der Waals surface area contributed by atoms with Gasteiger partial charge in [0.25, 0.3) is 5.91 Å². The molecule has 0 spiro atoms. The van der Waals surface area contributed by atoms with E-state index in [0.717, 1.165) is 12.8 Å². The second kappa shape index (κ2) is 5.16. The number of carbonyl (C=O) groups excluding carboxylic acids is 1. The fourth-order valence-electron chi connectivity index (χ4n) is 1.70. The van der Waals surface area contributed by atoms with E-state index in [-0.39, 0.29) is 5.91 Å². The summed E-state index contributed by atoms with van der Waals surface area (Å²) >= 11 is 0. The number of methoxy groups -OCH3 is 3. The smallest absolute Gasteiger partial charge is 0.255 e. The topological polar surface area (TPSA) is 56.8 Å². The summed E-state index contributed by atoms with van der Waals surface area (Å²) in [6, 6.07) is 3.59. The molecule has 1 fully saturated rings. The molecule has 0 aliphatic heterocycles. The Hall–Kier alpha value is -1.91. The van der Waals surface area contributed by atoms with E-state index in [9.17, 15) is 4.79 Å². The molecule has 1 saturated carbocycles. The van der Waals surface area contributed by atoms with Crippen LogP contribution in [0.4, 0.5) is 0 Å². The van der Waals surface area contributed by atoms with Crippen molar-refractivity contribution in [3.8, 4) is 17.2 Å². The summed E-state index contributed by atoms with van der Waals surface area (Å²) < 4.78 is 15.6. The van der Waals surface area contributed by atoms with E-state index in [2.05, 4.69) is 5.32 Å². The van der Waals surface area contributed by atoms with Gasteiger partial charge in [-0.3, -0.25) is 4.79 Å². The molecule has 0 aromatic heterocycles. The normalized spacial score (nSPS) is 13.9. The van der Waals surface area contributed by atoms with Gasteiger partial charge in [-0.2, -0.15) is 0 Å². The maximum atomic E-state index is 12.1. The first kappa shape index (κ1) is 12.5. The SMILES string of the molecule is COc1cc(OC)c(C(=O)NC2CC2)cc1OC. The first-order valence-electron chi connectivity index (χ1n) is 5.80. The van der Waals surface area contributed by atoms with Gasteiger partial charge in [0, 0.05) is 18.2 Å². The summed E-state index contributed by atoms with van der Waals surface area (Å²) in [4.78, 5) is 12.1. The Bertz CT molecular complexity index is 455. The minimum atomic E-state index is -0.143. The number of hydrogen-bond acceptors (Lipinski definition) is 4. The number of ether oxygens (including phenoxy) is 3. The van der Waals surface area contributed by atoms with E-state index >= 15 is 0 Å². The molecule has 5 heteroatoms. The van der Waals surface area contributed by atoms with Crippen LogP contribution in [0.5, 0.6) is 17.2 Å². The molecule has 0 heterocycles. The van der Waals surface area contributed by atoms with Crippen molar-refractivity contribution in [3.05, 3.63) is 17.7 Å². The molecule has 1 aromatic rings. The molecule has 0 radical (unpaired) electrons. The quantitative estimate of drug-likeness (QED) is 0.863. The van der Waals surface area contributed by atoms with Gasteiger partial charge in [0.1, 0.15) is 5.75 Å². The molecule has 0 atom stereocenters. The van der Waals surface area contributed by atoms with Crippen LogP contribution in [0, 0.1) is 0 Å².